The Morgan fingerprint density at radius 3 is 3.00 bits per heavy atom. The Labute approximate surface area is 82.7 Å². The third-order valence-electron chi connectivity index (χ3n) is 2.51. The van der Waals surface area contributed by atoms with Crippen molar-refractivity contribution in [1.29, 1.82) is 0 Å². The molecule has 2 aromatic rings. The average molecular weight is 190 g/mol. The molecule has 0 atom stereocenters. The molecule has 0 radical (unpaired) electrons. The largest absolute Gasteiger partial charge is 0.387 e. The number of aromatic nitrogens is 2. The molecular formula is C10H14N4. The van der Waals surface area contributed by atoms with Crippen LogP contribution in [-0.4, -0.2) is 16.6 Å². The summed E-state index contributed by atoms with van der Waals surface area (Å²) in [4.78, 5) is 4.33. The van der Waals surface area contributed by atoms with Gasteiger partial charge in [0.05, 0.1) is 0 Å². The smallest absolute Gasteiger partial charge is 0.141 e. The Morgan fingerprint density at radius 1 is 1.57 bits per heavy atom. The van der Waals surface area contributed by atoms with Crippen molar-refractivity contribution >= 4 is 16.7 Å². The Balaban J connectivity index is 2.77. The molecule has 2 aromatic heterocycles. The third kappa shape index (κ3) is 1.15. The number of nitrogens with two attached hydrogens (primary N) is 1. The molecule has 2 rings (SSSR count). The summed E-state index contributed by atoms with van der Waals surface area (Å²) >= 11 is 0. The SMILES string of the molecule is CNc1ccnc2c1cc(CN)n2C. The van der Waals surface area contributed by atoms with Crippen LogP contribution in [0.4, 0.5) is 5.69 Å². The fourth-order valence-corrected chi connectivity index (χ4v) is 1.69. The highest BCUT2D eigenvalue weighted by Crippen LogP contribution is 2.23. The van der Waals surface area contributed by atoms with Crippen molar-refractivity contribution in [2.24, 2.45) is 12.8 Å². The van der Waals surface area contributed by atoms with Crippen LogP contribution in [0.1, 0.15) is 5.69 Å². The summed E-state index contributed by atoms with van der Waals surface area (Å²) in [5.74, 6) is 0. The van der Waals surface area contributed by atoms with Crippen LogP contribution in [0.25, 0.3) is 11.0 Å². The van der Waals surface area contributed by atoms with Crippen LogP contribution in [0.15, 0.2) is 18.3 Å². The maximum atomic E-state index is 5.64. The Hall–Kier alpha value is -1.55. The highest BCUT2D eigenvalue weighted by atomic mass is 15.0. The van der Waals surface area contributed by atoms with E-state index in [4.69, 9.17) is 5.73 Å². The van der Waals surface area contributed by atoms with Gasteiger partial charge in [-0.25, -0.2) is 4.98 Å². The van der Waals surface area contributed by atoms with Gasteiger partial charge in [0.15, 0.2) is 0 Å². The summed E-state index contributed by atoms with van der Waals surface area (Å²) in [7, 11) is 3.89. The van der Waals surface area contributed by atoms with Gasteiger partial charge in [-0.15, -0.1) is 0 Å². The van der Waals surface area contributed by atoms with Gasteiger partial charge in [0, 0.05) is 43.6 Å². The van der Waals surface area contributed by atoms with Crippen LogP contribution in [0.5, 0.6) is 0 Å². The topological polar surface area (TPSA) is 55.9 Å². The first-order valence-electron chi connectivity index (χ1n) is 4.59. The molecule has 4 heteroatoms. The second-order valence-corrected chi connectivity index (χ2v) is 3.24. The Kier molecular flexibility index (Phi) is 2.13. The lowest BCUT2D eigenvalue weighted by atomic mass is 10.3. The maximum absolute atomic E-state index is 5.64. The van der Waals surface area contributed by atoms with Crippen LogP contribution in [0.3, 0.4) is 0 Å². The van der Waals surface area contributed by atoms with Crippen LogP contribution in [-0.2, 0) is 13.6 Å². The highest BCUT2D eigenvalue weighted by Gasteiger charge is 2.07. The standard InChI is InChI=1S/C10H14N4/c1-12-9-3-4-13-10-8(9)5-7(6-11)14(10)2/h3-5H,6,11H2,1-2H3,(H,12,13). The molecule has 0 unspecified atom stereocenters. The molecular weight excluding hydrogens is 176 g/mol. The molecule has 0 aromatic carbocycles. The Morgan fingerprint density at radius 2 is 2.36 bits per heavy atom. The third-order valence-corrected chi connectivity index (χ3v) is 2.51. The number of fused-ring (bicyclic) bond motifs is 1. The maximum Gasteiger partial charge on any atom is 0.141 e. The second kappa shape index (κ2) is 3.31. The van der Waals surface area contributed by atoms with Crippen molar-refractivity contribution in [2.45, 2.75) is 6.54 Å². The zero-order valence-corrected chi connectivity index (χ0v) is 8.41. The first-order valence-corrected chi connectivity index (χ1v) is 4.59. The van der Waals surface area contributed by atoms with Crippen molar-refractivity contribution in [1.82, 2.24) is 9.55 Å². The molecule has 14 heavy (non-hydrogen) atoms. The summed E-state index contributed by atoms with van der Waals surface area (Å²) < 4.78 is 2.02. The number of nitrogens with one attached hydrogen (secondary N) is 1. The lowest BCUT2D eigenvalue weighted by Gasteiger charge is -2.01. The van der Waals surface area contributed by atoms with Crippen molar-refractivity contribution in [3.8, 4) is 0 Å². The number of rotatable bonds is 2. The van der Waals surface area contributed by atoms with Crippen molar-refractivity contribution in [3.05, 3.63) is 24.0 Å². The summed E-state index contributed by atoms with van der Waals surface area (Å²) in [6.45, 7) is 0.538. The lowest BCUT2D eigenvalue weighted by molar-refractivity contribution is 0.839. The molecule has 0 aliphatic rings. The molecule has 0 spiro atoms. The van der Waals surface area contributed by atoms with Crippen LogP contribution in [0, 0.1) is 0 Å². The fraction of sp³-hybridized carbons (Fsp3) is 0.300. The van der Waals surface area contributed by atoms with Crippen LogP contribution < -0.4 is 11.1 Å². The van der Waals surface area contributed by atoms with Gasteiger partial charge in [0.2, 0.25) is 0 Å². The monoisotopic (exact) mass is 190 g/mol. The van der Waals surface area contributed by atoms with E-state index >= 15 is 0 Å². The van der Waals surface area contributed by atoms with E-state index in [1.54, 1.807) is 6.20 Å². The number of aryl methyl sites for hydroxylation is 1. The highest BCUT2D eigenvalue weighted by molar-refractivity contribution is 5.90. The summed E-state index contributed by atoms with van der Waals surface area (Å²) in [5.41, 5.74) is 8.79. The van der Waals surface area contributed by atoms with E-state index in [9.17, 15) is 0 Å². The molecule has 0 saturated carbocycles. The zero-order chi connectivity index (χ0) is 10.1. The number of hydrogen-bond acceptors (Lipinski definition) is 3. The van der Waals surface area contributed by atoms with E-state index in [0.29, 0.717) is 6.54 Å². The van der Waals surface area contributed by atoms with Gasteiger partial charge in [-0.1, -0.05) is 0 Å². The molecule has 0 fully saturated rings. The molecule has 4 nitrogen and oxygen atoms in total. The lowest BCUT2D eigenvalue weighted by Crippen LogP contribution is -2.03. The van der Waals surface area contributed by atoms with E-state index in [2.05, 4.69) is 16.4 Å². The van der Waals surface area contributed by atoms with E-state index in [-0.39, 0.29) is 0 Å². The van der Waals surface area contributed by atoms with Gasteiger partial charge in [0.1, 0.15) is 5.65 Å². The fourth-order valence-electron chi connectivity index (χ4n) is 1.69. The number of anilines is 1. The summed E-state index contributed by atoms with van der Waals surface area (Å²) in [6, 6.07) is 4.04. The number of hydrogen-bond donors (Lipinski definition) is 2. The molecule has 0 saturated heterocycles. The summed E-state index contributed by atoms with van der Waals surface area (Å²) in [6.07, 6.45) is 1.80. The molecule has 3 N–H and O–H groups in total. The number of pyridine rings is 1. The van der Waals surface area contributed by atoms with Crippen molar-refractivity contribution in [3.63, 3.8) is 0 Å². The first-order chi connectivity index (χ1) is 6.77. The van der Waals surface area contributed by atoms with Gasteiger partial charge in [-0.3, -0.25) is 0 Å². The average Bonchev–Trinajstić information content (AvgIpc) is 2.55. The predicted molar refractivity (Wildman–Crippen MR) is 58.2 cm³/mol. The predicted octanol–water partition coefficient (Wildman–Crippen LogP) is 1.07. The summed E-state index contributed by atoms with van der Waals surface area (Å²) in [5, 5.41) is 4.26. The zero-order valence-electron chi connectivity index (χ0n) is 8.41. The van der Waals surface area contributed by atoms with Gasteiger partial charge in [0.25, 0.3) is 0 Å². The first kappa shape index (κ1) is 9.02. The molecule has 74 valence electrons. The normalized spacial score (nSPS) is 10.8. The van der Waals surface area contributed by atoms with Crippen molar-refractivity contribution < 1.29 is 0 Å². The Bertz CT molecular complexity index is 458. The van der Waals surface area contributed by atoms with E-state index in [0.717, 1.165) is 22.4 Å². The second-order valence-electron chi connectivity index (χ2n) is 3.24. The van der Waals surface area contributed by atoms with Crippen molar-refractivity contribution in [2.75, 3.05) is 12.4 Å². The van der Waals surface area contributed by atoms with Crippen LogP contribution >= 0.6 is 0 Å². The van der Waals surface area contributed by atoms with E-state index < -0.39 is 0 Å². The van der Waals surface area contributed by atoms with Gasteiger partial charge < -0.3 is 15.6 Å². The minimum Gasteiger partial charge on any atom is -0.387 e. The van der Waals surface area contributed by atoms with Gasteiger partial charge in [-0.2, -0.15) is 0 Å². The van der Waals surface area contributed by atoms with Crippen LogP contribution in [0.2, 0.25) is 0 Å². The molecule has 0 aliphatic heterocycles. The number of nitrogens with zero attached hydrogens (tertiary/aromatic N) is 2. The minimum atomic E-state index is 0.538. The molecule has 2 heterocycles. The molecule has 0 aliphatic carbocycles. The minimum absolute atomic E-state index is 0.538. The van der Waals surface area contributed by atoms with E-state index in [1.165, 1.54) is 0 Å². The van der Waals surface area contributed by atoms with Gasteiger partial charge in [-0.05, 0) is 12.1 Å². The molecule has 0 amide bonds. The van der Waals surface area contributed by atoms with E-state index in [1.807, 2.05) is 24.7 Å². The van der Waals surface area contributed by atoms with Gasteiger partial charge >= 0.3 is 0 Å². The quantitative estimate of drug-likeness (QED) is 0.745. The molecule has 0 bridgehead atoms.